The Labute approximate surface area is 120 Å². The average Bonchev–Trinajstić information content (AvgIpc) is 2.76. The number of hydrogen-bond acceptors (Lipinski definition) is 1. The topological polar surface area (TPSA) is 20.3 Å². The summed E-state index contributed by atoms with van der Waals surface area (Å²) in [6.07, 6.45) is 7.03. The zero-order chi connectivity index (χ0) is 13.3. The first-order valence-electron chi connectivity index (χ1n) is 8.18. The molecule has 1 aliphatic heterocycles. The summed E-state index contributed by atoms with van der Waals surface area (Å²) in [7, 11) is 0. The van der Waals surface area contributed by atoms with Gasteiger partial charge in [0, 0.05) is 18.2 Å². The summed E-state index contributed by atoms with van der Waals surface area (Å²) >= 11 is 0. The Morgan fingerprint density at radius 1 is 0.900 bits per heavy atom. The number of benzene rings is 1. The molecule has 20 heavy (non-hydrogen) atoms. The van der Waals surface area contributed by atoms with E-state index < -0.39 is 0 Å². The molecule has 104 valence electrons. The first kappa shape index (κ1) is 11.4. The third-order valence-corrected chi connectivity index (χ3v) is 6.39. The molecular weight excluding hydrogens is 246 g/mol. The molecule has 1 aromatic carbocycles. The number of hydrogen-bond donors (Lipinski definition) is 0. The lowest BCUT2D eigenvalue weighted by atomic mass is 9.54. The average molecular weight is 267 g/mol. The number of amides is 1. The van der Waals surface area contributed by atoms with E-state index in [1.807, 2.05) is 12.1 Å². The number of rotatable bonds is 1. The van der Waals surface area contributed by atoms with Crippen molar-refractivity contribution >= 4 is 5.91 Å². The molecule has 0 aromatic heterocycles. The summed E-state index contributed by atoms with van der Waals surface area (Å²) in [4.78, 5) is 15.0. The van der Waals surface area contributed by atoms with E-state index in [0.717, 1.165) is 35.8 Å². The van der Waals surface area contributed by atoms with Gasteiger partial charge in [-0.1, -0.05) is 18.2 Å². The molecular formula is C18H21NO. The van der Waals surface area contributed by atoms with E-state index >= 15 is 0 Å². The van der Waals surface area contributed by atoms with Gasteiger partial charge in [0.25, 0.3) is 5.91 Å². The van der Waals surface area contributed by atoms with Crippen LogP contribution in [0.25, 0.3) is 0 Å². The zero-order valence-electron chi connectivity index (χ0n) is 11.8. The van der Waals surface area contributed by atoms with Crippen molar-refractivity contribution in [1.82, 2.24) is 4.90 Å². The molecule has 2 nitrogen and oxygen atoms in total. The molecule has 1 heterocycles. The molecule has 4 fully saturated rings. The maximum absolute atomic E-state index is 12.7. The molecule has 2 heteroatoms. The second kappa shape index (κ2) is 3.87. The van der Waals surface area contributed by atoms with Gasteiger partial charge in [-0.25, -0.2) is 0 Å². The minimum Gasteiger partial charge on any atom is -0.331 e. The molecule has 0 saturated heterocycles. The lowest BCUT2D eigenvalue weighted by Crippen LogP contribution is -2.55. The Hall–Kier alpha value is -1.31. The predicted molar refractivity (Wildman–Crippen MR) is 77.1 cm³/mol. The fourth-order valence-electron chi connectivity index (χ4n) is 5.92. The molecule has 4 aliphatic carbocycles. The highest BCUT2D eigenvalue weighted by atomic mass is 16.2. The molecule has 1 aromatic rings. The van der Waals surface area contributed by atoms with E-state index in [0.29, 0.717) is 11.9 Å². The minimum absolute atomic E-state index is 0.304. The van der Waals surface area contributed by atoms with E-state index in [-0.39, 0.29) is 0 Å². The van der Waals surface area contributed by atoms with Gasteiger partial charge >= 0.3 is 0 Å². The van der Waals surface area contributed by atoms with Gasteiger partial charge in [0.05, 0.1) is 0 Å². The number of nitrogens with zero attached hydrogens (tertiary/aromatic N) is 1. The fourth-order valence-corrected chi connectivity index (χ4v) is 5.92. The van der Waals surface area contributed by atoms with E-state index in [9.17, 15) is 4.79 Å². The molecule has 0 radical (unpaired) electrons. The van der Waals surface area contributed by atoms with Gasteiger partial charge in [-0.05, 0) is 67.4 Å². The van der Waals surface area contributed by atoms with Crippen LogP contribution in [0.2, 0.25) is 0 Å². The number of carbonyl (C=O) groups is 1. The van der Waals surface area contributed by atoms with Crippen LogP contribution < -0.4 is 0 Å². The van der Waals surface area contributed by atoms with Crippen LogP contribution in [0.3, 0.4) is 0 Å². The molecule has 4 bridgehead atoms. The predicted octanol–water partition coefficient (Wildman–Crippen LogP) is 3.47. The van der Waals surface area contributed by atoms with Crippen molar-refractivity contribution in [1.29, 1.82) is 0 Å². The Bertz CT molecular complexity index is 551. The summed E-state index contributed by atoms with van der Waals surface area (Å²) in [5.74, 6) is 3.86. The van der Waals surface area contributed by atoms with Crippen molar-refractivity contribution in [2.45, 2.75) is 44.7 Å². The molecule has 0 atom stereocenters. The second-order valence-corrected chi connectivity index (χ2v) is 7.51. The SMILES string of the molecule is O=C1c2ccccc2CN1C1C2CC3CC(C2)CC1C3. The van der Waals surface area contributed by atoms with E-state index in [4.69, 9.17) is 0 Å². The van der Waals surface area contributed by atoms with Crippen LogP contribution in [0.4, 0.5) is 0 Å². The van der Waals surface area contributed by atoms with Crippen molar-refractivity contribution in [2.75, 3.05) is 0 Å². The fraction of sp³-hybridized carbons (Fsp3) is 0.611. The number of fused-ring (bicyclic) bond motifs is 1. The zero-order valence-corrected chi connectivity index (χ0v) is 11.8. The minimum atomic E-state index is 0.304. The Balaban J connectivity index is 1.49. The van der Waals surface area contributed by atoms with Crippen molar-refractivity contribution in [3.8, 4) is 0 Å². The van der Waals surface area contributed by atoms with Gasteiger partial charge in [0.1, 0.15) is 0 Å². The highest BCUT2D eigenvalue weighted by molar-refractivity contribution is 5.98. The standard InChI is InChI=1S/C18H21NO/c20-18-16-4-2-1-3-13(16)10-19(18)17-14-6-11-5-12(8-14)9-15(17)7-11/h1-4,11-12,14-15,17H,5-10H2. The Morgan fingerprint density at radius 2 is 1.55 bits per heavy atom. The third-order valence-electron chi connectivity index (χ3n) is 6.39. The van der Waals surface area contributed by atoms with Gasteiger partial charge in [-0.2, -0.15) is 0 Å². The van der Waals surface area contributed by atoms with Gasteiger partial charge in [0.15, 0.2) is 0 Å². The van der Waals surface area contributed by atoms with Gasteiger partial charge in [-0.15, -0.1) is 0 Å². The van der Waals surface area contributed by atoms with E-state index in [1.165, 1.54) is 37.7 Å². The molecule has 0 unspecified atom stereocenters. The third kappa shape index (κ3) is 1.43. The largest absolute Gasteiger partial charge is 0.331 e. The summed E-state index contributed by atoms with van der Waals surface area (Å²) < 4.78 is 0. The molecule has 1 amide bonds. The van der Waals surface area contributed by atoms with Crippen molar-refractivity contribution in [3.63, 3.8) is 0 Å². The van der Waals surface area contributed by atoms with Crippen LogP contribution in [0.5, 0.6) is 0 Å². The van der Waals surface area contributed by atoms with E-state index in [2.05, 4.69) is 17.0 Å². The maximum Gasteiger partial charge on any atom is 0.254 e. The Morgan fingerprint density at radius 3 is 2.20 bits per heavy atom. The summed E-state index contributed by atoms with van der Waals surface area (Å²) in [6, 6.07) is 8.74. The van der Waals surface area contributed by atoms with Gasteiger partial charge < -0.3 is 4.90 Å². The van der Waals surface area contributed by atoms with Crippen LogP contribution in [-0.4, -0.2) is 16.8 Å². The summed E-state index contributed by atoms with van der Waals surface area (Å²) in [5.41, 5.74) is 2.20. The molecule has 4 saturated carbocycles. The second-order valence-electron chi connectivity index (χ2n) is 7.51. The van der Waals surface area contributed by atoms with Crippen molar-refractivity contribution in [3.05, 3.63) is 35.4 Å². The molecule has 5 aliphatic rings. The van der Waals surface area contributed by atoms with E-state index in [1.54, 1.807) is 0 Å². The van der Waals surface area contributed by atoms with Crippen molar-refractivity contribution in [2.24, 2.45) is 23.7 Å². The first-order valence-corrected chi connectivity index (χ1v) is 8.18. The van der Waals surface area contributed by atoms with Crippen LogP contribution >= 0.6 is 0 Å². The Kier molecular flexibility index (Phi) is 2.20. The lowest BCUT2D eigenvalue weighted by Gasteiger charge is -2.56. The van der Waals surface area contributed by atoms with Crippen LogP contribution in [-0.2, 0) is 6.54 Å². The van der Waals surface area contributed by atoms with Crippen LogP contribution in [0.15, 0.2) is 24.3 Å². The highest BCUT2D eigenvalue weighted by Gasteiger charge is 2.52. The molecule has 6 rings (SSSR count). The van der Waals surface area contributed by atoms with Crippen molar-refractivity contribution < 1.29 is 4.79 Å². The highest BCUT2D eigenvalue weighted by Crippen LogP contribution is 2.55. The monoisotopic (exact) mass is 267 g/mol. The van der Waals surface area contributed by atoms with Gasteiger partial charge in [-0.3, -0.25) is 4.79 Å². The molecule has 0 N–H and O–H groups in total. The number of carbonyl (C=O) groups excluding carboxylic acids is 1. The van der Waals surface area contributed by atoms with Gasteiger partial charge in [0.2, 0.25) is 0 Å². The van der Waals surface area contributed by atoms with Crippen LogP contribution in [0.1, 0.15) is 48.0 Å². The molecule has 0 spiro atoms. The normalized spacial score (nSPS) is 41.3. The summed E-state index contributed by atoms with van der Waals surface area (Å²) in [6.45, 7) is 0.863. The first-order chi connectivity index (χ1) is 9.79. The van der Waals surface area contributed by atoms with Crippen LogP contribution in [0, 0.1) is 23.7 Å². The quantitative estimate of drug-likeness (QED) is 0.763. The summed E-state index contributed by atoms with van der Waals surface area (Å²) in [5, 5.41) is 0. The lowest BCUT2D eigenvalue weighted by molar-refractivity contribution is -0.0555. The smallest absolute Gasteiger partial charge is 0.254 e. The maximum atomic E-state index is 12.7.